The quantitative estimate of drug-likeness (QED) is 0.0805. The van der Waals surface area contributed by atoms with Gasteiger partial charge in [-0.3, -0.25) is 19.4 Å². The first kappa shape index (κ1) is 28.9. The highest BCUT2D eigenvalue weighted by Gasteiger charge is 2.23. The number of guanidine groups is 1. The lowest BCUT2D eigenvalue weighted by Crippen LogP contribution is -2.47. The zero-order chi connectivity index (χ0) is 27.7. The van der Waals surface area contributed by atoms with Crippen LogP contribution in [0.3, 0.4) is 0 Å². The van der Waals surface area contributed by atoms with E-state index in [0.717, 1.165) is 25.9 Å². The minimum atomic E-state index is -0.876. The molecule has 3 rings (SSSR count). The van der Waals surface area contributed by atoms with Gasteiger partial charge in [0, 0.05) is 41.8 Å². The molecule has 1 aliphatic rings. The molecule has 0 saturated heterocycles. The fourth-order valence-corrected chi connectivity index (χ4v) is 5.84. The van der Waals surface area contributed by atoms with E-state index >= 15 is 0 Å². The minimum Gasteiger partial charge on any atom is -0.512 e. The van der Waals surface area contributed by atoms with Crippen LogP contribution >= 0.6 is 23.1 Å². The molecule has 2 heterocycles. The van der Waals surface area contributed by atoms with Crippen LogP contribution in [0.4, 0.5) is 5.69 Å². The number of aliphatic imine (C=N–C) groups is 1. The highest BCUT2D eigenvalue weighted by molar-refractivity contribution is 8.08. The Morgan fingerprint density at radius 1 is 1.26 bits per heavy atom. The second kappa shape index (κ2) is 13.8. The van der Waals surface area contributed by atoms with Gasteiger partial charge >= 0.3 is 0 Å². The highest BCUT2D eigenvalue weighted by atomic mass is 32.2. The number of nitrogens with zero attached hydrogens (tertiary/aromatic N) is 2. The van der Waals surface area contributed by atoms with Crippen molar-refractivity contribution >= 4 is 67.6 Å². The average Bonchev–Trinajstić information content (AvgIpc) is 3.52. The third kappa shape index (κ3) is 8.46. The lowest BCUT2D eigenvalue weighted by Gasteiger charge is -2.18. The van der Waals surface area contributed by atoms with E-state index < -0.39 is 17.9 Å². The van der Waals surface area contributed by atoms with Gasteiger partial charge in [0.15, 0.2) is 5.96 Å². The van der Waals surface area contributed by atoms with E-state index in [1.54, 1.807) is 17.8 Å². The first-order chi connectivity index (χ1) is 18.2. The summed E-state index contributed by atoms with van der Waals surface area (Å²) in [7, 11) is 0. The van der Waals surface area contributed by atoms with E-state index in [4.69, 9.17) is 17.2 Å². The molecule has 1 aliphatic heterocycles. The SMILES string of the molecule is C=C(O)[C@@H]1C=C(c2nc3ccc(NC(=O)[C@H](CCCN=C(N)N)NC(=O)CNC(=O)CCN)cc3s2)SC1. The van der Waals surface area contributed by atoms with Gasteiger partial charge in [0.1, 0.15) is 11.0 Å². The first-order valence-electron chi connectivity index (χ1n) is 11.9. The minimum absolute atomic E-state index is 0.0570. The predicted molar refractivity (Wildman–Crippen MR) is 152 cm³/mol. The number of benzene rings is 1. The van der Waals surface area contributed by atoms with Crippen molar-refractivity contribution in [3.05, 3.63) is 41.6 Å². The third-order valence-electron chi connectivity index (χ3n) is 5.48. The molecule has 0 bridgehead atoms. The van der Waals surface area contributed by atoms with E-state index in [2.05, 4.69) is 32.5 Å². The van der Waals surface area contributed by atoms with Crippen LogP contribution in [-0.4, -0.2) is 65.2 Å². The number of aromatic nitrogens is 1. The summed E-state index contributed by atoms with van der Waals surface area (Å²) < 4.78 is 0.876. The molecule has 204 valence electrons. The van der Waals surface area contributed by atoms with Crippen LogP contribution in [-0.2, 0) is 14.4 Å². The number of amides is 3. The smallest absolute Gasteiger partial charge is 0.246 e. The molecule has 0 fully saturated rings. The van der Waals surface area contributed by atoms with E-state index in [0.29, 0.717) is 18.7 Å². The Hall–Kier alpha value is -3.62. The molecule has 12 nitrogen and oxygen atoms in total. The van der Waals surface area contributed by atoms with Gasteiger partial charge in [0.05, 0.1) is 22.5 Å². The number of hydrogen-bond donors (Lipinski definition) is 7. The monoisotopic (exact) mass is 560 g/mol. The number of anilines is 1. The third-order valence-corrected chi connectivity index (χ3v) is 7.83. The van der Waals surface area contributed by atoms with E-state index in [1.807, 2.05) is 18.2 Å². The maximum atomic E-state index is 13.1. The zero-order valence-electron chi connectivity index (χ0n) is 20.7. The van der Waals surface area contributed by atoms with Crippen LogP contribution in [0.25, 0.3) is 15.1 Å². The molecule has 3 amide bonds. The van der Waals surface area contributed by atoms with Crippen molar-refractivity contribution < 1.29 is 19.5 Å². The Morgan fingerprint density at radius 2 is 2.05 bits per heavy atom. The molecule has 14 heteroatoms. The largest absolute Gasteiger partial charge is 0.512 e. The van der Waals surface area contributed by atoms with Crippen LogP contribution < -0.4 is 33.2 Å². The predicted octanol–water partition coefficient (Wildman–Crippen LogP) is 1.01. The van der Waals surface area contributed by atoms with Crippen LogP contribution in [0.5, 0.6) is 0 Å². The van der Waals surface area contributed by atoms with Crippen molar-refractivity contribution in [1.82, 2.24) is 15.6 Å². The Bertz CT molecular complexity index is 1260. The molecule has 0 spiro atoms. The van der Waals surface area contributed by atoms with Crippen LogP contribution in [0.2, 0.25) is 0 Å². The van der Waals surface area contributed by atoms with Gasteiger partial charge < -0.3 is 38.3 Å². The number of allylic oxidation sites excluding steroid dienone is 1. The van der Waals surface area contributed by atoms with E-state index in [-0.39, 0.29) is 49.5 Å². The number of aliphatic hydroxyl groups is 1. The first-order valence-corrected chi connectivity index (χ1v) is 13.7. The Labute approximate surface area is 228 Å². The summed E-state index contributed by atoms with van der Waals surface area (Å²) in [5, 5.41) is 18.5. The molecule has 1 aromatic carbocycles. The summed E-state index contributed by atoms with van der Waals surface area (Å²) in [5.41, 5.74) is 17.4. The Morgan fingerprint density at radius 3 is 2.74 bits per heavy atom. The number of nitrogens with one attached hydrogen (secondary N) is 3. The molecule has 0 saturated carbocycles. The summed E-state index contributed by atoms with van der Waals surface area (Å²) in [4.78, 5) is 46.7. The number of thioether (sulfide) groups is 1. The molecule has 0 aliphatic carbocycles. The summed E-state index contributed by atoms with van der Waals surface area (Å²) >= 11 is 3.09. The standard InChI is InChI=1S/C24H32N8O4S2/c1-13(33)14-9-19(37-12-14)23-32-16-5-4-15(10-18(16)38-23)30-22(36)17(3-2-8-28-24(26)27)31-21(35)11-29-20(34)6-7-25/h4-5,9-10,14,17,33H,1-3,6-8,11-12,25H2,(H,29,34)(H,30,36)(H,31,35)(H4,26,27,28)/t14-,17+/m1/s1. The van der Waals surface area contributed by atoms with Gasteiger partial charge in [-0.25, -0.2) is 4.98 Å². The summed E-state index contributed by atoms with van der Waals surface area (Å²) in [5.74, 6) is -0.573. The summed E-state index contributed by atoms with van der Waals surface area (Å²) in [6.45, 7) is 3.80. The molecule has 0 radical (unpaired) electrons. The Kier molecular flexibility index (Phi) is 10.5. The lowest BCUT2D eigenvalue weighted by molar-refractivity contribution is -0.128. The van der Waals surface area contributed by atoms with Crippen molar-refractivity contribution in [2.24, 2.45) is 28.1 Å². The fraction of sp³-hybridized carbons (Fsp3) is 0.375. The number of nitrogens with two attached hydrogens (primary N) is 3. The highest BCUT2D eigenvalue weighted by Crippen LogP contribution is 2.41. The number of aliphatic hydroxyl groups excluding tert-OH is 1. The molecular weight excluding hydrogens is 528 g/mol. The topological polar surface area (TPSA) is 211 Å². The average molecular weight is 561 g/mol. The van der Waals surface area contributed by atoms with Gasteiger partial charge in [-0.2, -0.15) is 0 Å². The zero-order valence-corrected chi connectivity index (χ0v) is 22.4. The number of carbonyl (C=O) groups excluding carboxylic acids is 3. The number of rotatable bonds is 13. The number of thiazole rings is 1. The molecule has 2 aromatic rings. The molecule has 1 aromatic heterocycles. The van der Waals surface area contributed by atoms with Gasteiger partial charge in [-0.05, 0) is 31.0 Å². The summed E-state index contributed by atoms with van der Waals surface area (Å²) in [6.07, 6.45) is 2.79. The van der Waals surface area contributed by atoms with Gasteiger partial charge in [0.2, 0.25) is 17.7 Å². The van der Waals surface area contributed by atoms with Gasteiger partial charge in [0.25, 0.3) is 0 Å². The second-order valence-corrected chi connectivity index (χ2v) is 10.6. The van der Waals surface area contributed by atoms with Crippen molar-refractivity contribution in [2.45, 2.75) is 25.3 Å². The Balaban J connectivity index is 1.68. The maximum Gasteiger partial charge on any atom is 0.246 e. The molecule has 10 N–H and O–H groups in total. The van der Waals surface area contributed by atoms with Crippen molar-refractivity contribution in [3.8, 4) is 0 Å². The maximum absolute atomic E-state index is 13.1. The van der Waals surface area contributed by atoms with Crippen LogP contribution in [0, 0.1) is 5.92 Å². The number of hydrogen-bond acceptors (Lipinski definition) is 9. The molecule has 2 atom stereocenters. The van der Waals surface area contributed by atoms with E-state index in [9.17, 15) is 19.5 Å². The molecule has 38 heavy (non-hydrogen) atoms. The summed E-state index contributed by atoms with van der Waals surface area (Å²) in [6, 6.07) is 4.50. The van der Waals surface area contributed by atoms with Gasteiger partial charge in [-0.15, -0.1) is 23.1 Å². The normalized spacial score (nSPS) is 15.4. The van der Waals surface area contributed by atoms with Crippen LogP contribution in [0.1, 0.15) is 24.3 Å². The molecule has 0 unspecified atom stereocenters. The van der Waals surface area contributed by atoms with Crippen molar-refractivity contribution in [3.63, 3.8) is 0 Å². The lowest BCUT2D eigenvalue weighted by atomic mass is 10.1. The fourth-order valence-electron chi connectivity index (χ4n) is 3.54. The molecular formula is C24H32N8O4S2. The number of fused-ring (bicyclic) bond motifs is 1. The van der Waals surface area contributed by atoms with Crippen molar-refractivity contribution in [2.75, 3.05) is 30.7 Å². The van der Waals surface area contributed by atoms with Gasteiger partial charge in [-0.1, -0.05) is 12.7 Å². The van der Waals surface area contributed by atoms with Crippen LogP contribution in [0.15, 0.2) is 41.6 Å². The number of carbonyl (C=O) groups is 3. The van der Waals surface area contributed by atoms with Crippen molar-refractivity contribution in [1.29, 1.82) is 0 Å². The second-order valence-electron chi connectivity index (χ2n) is 8.51. The van der Waals surface area contributed by atoms with E-state index in [1.165, 1.54) is 11.3 Å².